The van der Waals surface area contributed by atoms with Crippen molar-refractivity contribution in [1.82, 2.24) is 0 Å². The number of aliphatic hydroxyl groups is 1. The first kappa shape index (κ1) is 11.9. The summed E-state index contributed by atoms with van der Waals surface area (Å²) in [5.74, 6) is 0. The molecule has 1 N–H and O–H groups in total. The van der Waals surface area contributed by atoms with E-state index in [0.717, 1.165) is 23.1 Å². The summed E-state index contributed by atoms with van der Waals surface area (Å²) in [4.78, 5) is 2.36. The maximum atomic E-state index is 10.3. The normalized spacial score (nSPS) is 16.9. The van der Waals surface area contributed by atoms with E-state index in [1.165, 1.54) is 18.5 Å². The topological polar surface area (TPSA) is 23.5 Å². The molecule has 1 saturated heterocycles. The van der Waals surface area contributed by atoms with Crippen molar-refractivity contribution < 1.29 is 5.11 Å². The molecule has 1 aromatic rings. The summed E-state index contributed by atoms with van der Waals surface area (Å²) in [5, 5.41) is 10.3. The summed E-state index contributed by atoms with van der Waals surface area (Å²) in [6.45, 7) is 5.87. The predicted octanol–water partition coefficient (Wildman–Crippen LogP) is 3.28. The number of hydrogen-bond acceptors (Lipinski definition) is 2. The molecule has 1 aliphatic rings. The van der Waals surface area contributed by atoms with Crippen LogP contribution in [0.25, 0.3) is 0 Å². The molecule has 0 radical (unpaired) electrons. The molecule has 0 bridgehead atoms. The van der Waals surface area contributed by atoms with Crippen molar-refractivity contribution in [1.29, 1.82) is 0 Å². The molecule has 1 heterocycles. The number of hydrogen-bond donors (Lipinski definition) is 1. The zero-order valence-corrected chi connectivity index (χ0v) is 11.4. The molecule has 0 unspecified atom stereocenters. The van der Waals surface area contributed by atoms with Crippen LogP contribution in [0.3, 0.4) is 0 Å². The standard InChI is InChI=1S/C13H18BrNO/c1-13(2,16)12-10(14)6-5-7-11(12)15-8-3-4-9-15/h5-7,16H,3-4,8-9H2,1-2H3. The maximum absolute atomic E-state index is 10.3. The van der Waals surface area contributed by atoms with E-state index in [0.29, 0.717) is 0 Å². The minimum absolute atomic E-state index is 0.808. The van der Waals surface area contributed by atoms with Crippen molar-refractivity contribution in [2.24, 2.45) is 0 Å². The van der Waals surface area contributed by atoms with Crippen molar-refractivity contribution in [3.05, 3.63) is 28.2 Å². The summed E-state index contributed by atoms with van der Waals surface area (Å²) in [6, 6.07) is 6.13. The highest BCUT2D eigenvalue weighted by atomic mass is 79.9. The van der Waals surface area contributed by atoms with Crippen molar-refractivity contribution in [2.75, 3.05) is 18.0 Å². The van der Waals surface area contributed by atoms with E-state index >= 15 is 0 Å². The first-order chi connectivity index (χ1) is 7.50. The molecule has 3 heteroatoms. The monoisotopic (exact) mass is 283 g/mol. The molecular formula is C13H18BrNO. The minimum atomic E-state index is -0.808. The smallest absolute Gasteiger partial charge is 0.0871 e. The molecule has 0 atom stereocenters. The molecule has 0 aliphatic carbocycles. The third-order valence-corrected chi connectivity index (χ3v) is 3.71. The predicted molar refractivity (Wildman–Crippen MR) is 70.8 cm³/mol. The zero-order valence-electron chi connectivity index (χ0n) is 9.83. The summed E-state index contributed by atoms with van der Waals surface area (Å²) in [7, 11) is 0. The fourth-order valence-electron chi connectivity index (χ4n) is 2.34. The Morgan fingerprint density at radius 1 is 1.25 bits per heavy atom. The number of rotatable bonds is 2. The summed E-state index contributed by atoms with van der Waals surface area (Å²) >= 11 is 3.54. The van der Waals surface area contributed by atoms with Crippen molar-refractivity contribution in [3.63, 3.8) is 0 Å². The molecule has 0 aromatic heterocycles. The van der Waals surface area contributed by atoms with Crippen molar-refractivity contribution in [3.8, 4) is 0 Å². The van der Waals surface area contributed by atoms with Gasteiger partial charge in [-0.25, -0.2) is 0 Å². The van der Waals surface area contributed by atoms with E-state index in [4.69, 9.17) is 0 Å². The lowest BCUT2D eigenvalue weighted by Crippen LogP contribution is -2.25. The Morgan fingerprint density at radius 3 is 2.44 bits per heavy atom. The zero-order chi connectivity index (χ0) is 11.8. The quantitative estimate of drug-likeness (QED) is 0.901. The number of halogens is 1. The van der Waals surface area contributed by atoms with E-state index in [1.807, 2.05) is 26.0 Å². The number of nitrogens with zero attached hydrogens (tertiary/aromatic N) is 1. The van der Waals surface area contributed by atoms with Gasteiger partial charge in [-0.1, -0.05) is 22.0 Å². The van der Waals surface area contributed by atoms with Crippen LogP contribution in [0.1, 0.15) is 32.3 Å². The van der Waals surface area contributed by atoms with Gasteiger partial charge in [-0.2, -0.15) is 0 Å². The molecule has 16 heavy (non-hydrogen) atoms. The van der Waals surface area contributed by atoms with Crippen LogP contribution in [0.4, 0.5) is 5.69 Å². The van der Waals surface area contributed by atoms with Crippen molar-refractivity contribution in [2.45, 2.75) is 32.3 Å². The van der Waals surface area contributed by atoms with E-state index in [9.17, 15) is 5.11 Å². The molecule has 2 nitrogen and oxygen atoms in total. The highest BCUT2D eigenvalue weighted by Gasteiger charge is 2.26. The average molecular weight is 284 g/mol. The van der Waals surface area contributed by atoms with Crippen LogP contribution < -0.4 is 4.90 Å². The maximum Gasteiger partial charge on any atom is 0.0871 e. The van der Waals surface area contributed by atoms with Gasteiger partial charge in [-0.3, -0.25) is 0 Å². The molecule has 1 fully saturated rings. The van der Waals surface area contributed by atoms with Gasteiger partial charge in [0.2, 0.25) is 0 Å². The van der Waals surface area contributed by atoms with Crippen LogP contribution >= 0.6 is 15.9 Å². The van der Waals surface area contributed by atoms with E-state index in [-0.39, 0.29) is 0 Å². The average Bonchev–Trinajstić information content (AvgIpc) is 2.67. The Bertz CT molecular complexity index is 378. The summed E-state index contributed by atoms with van der Waals surface area (Å²) < 4.78 is 0.990. The van der Waals surface area contributed by atoms with Crippen LogP contribution in [0, 0.1) is 0 Å². The van der Waals surface area contributed by atoms with Gasteiger partial charge in [0.1, 0.15) is 0 Å². The molecule has 0 spiro atoms. The Labute approximate surface area is 105 Å². The second kappa shape index (κ2) is 4.38. The molecule has 1 aliphatic heterocycles. The summed E-state index contributed by atoms with van der Waals surface area (Å²) in [6.07, 6.45) is 2.50. The first-order valence-corrected chi connectivity index (χ1v) is 6.56. The molecule has 0 saturated carbocycles. The number of anilines is 1. The van der Waals surface area contributed by atoms with Gasteiger partial charge >= 0.3 is 0 Å². The van der Waals surface area contributed by atoms with E-state index < -0.39 is 5.60 Å². The molecule has 0 amide bonds. The van der Waals surface area contributed by atoms with Gasteiger partial charge in [-0.05, 0) is 38.8 Å². The van der Waals surface area contributed by atoms with E-state index in [2.05, 4.69) is 26.9 Å². The molecule has 2 rings (SSSR count). The molecule has 1 aromatic carbocycles. The van der Waals surface area contributed by atoms with Gasteiger partial charge < -0.3 is 10.0 Å². The van der Waals surface area contributed by atoms with E-state index in [1.54, 1.807) is 0 Å². The Balaban J connectivity index is 2.47. The van der Waals surface area contributed by atoms with Crippen LogP contribution in [0.2, 0.25) is 0 Å². The largest absolute Gasteiger partial charge is 0.386 e. The lowest BCUT2D eigenvalue weighted by molar-refractivity contribution is 0.0783. The Kier molecular flexibility index (Phi) is 3.27. The Morgan fingerprint density at radius 2 is 1.88 bits per heavy atom. The highest BCUT2D eigenvalue weighted by Crippen LogP contribution is 2.37. The van der Waals surface area contributed by atoms with Crippen LogP contribution in [-0.4, -0.2) is 18.2 Å². The second-order valence-electron chi connectivity index (χ2n) is 4.89. The third kappa shape index (κ3) is 2.25. The van der Waals surface area contributed by atoms with Gasteiger partial charge in [-0.15, -0.1) is 0 Å². The van der Waals surface area contributed by atoms with Crippen LogP contribution in [0.15, 0.2) is 22.7 Å². The fourth-order valence-corrected chi connectivity index (χ4v) is 3.18. The van der Waals surface area contributed by atoms with Crippen LogP contribution in [-0.2, 0) is 5.60 Å². The lowest BCUT2D eigenvalue weighted by atomic mass is 9.96. The van der Waals surface area contributed by atoms with Gasteiger partial charge in [0.05, 0.1) is 5.60 Å². The van der Waals surface area contributed by atoms with Gasteiger partial charge in [0.25, 0.3) is 0 Å². The van der Waals surface area contributed by atoms with Gasteiger partial charge in [0.15, 0.2) is 0 Å². The molecule has 88 valence electrons. The van der Waals surface area contributed by atoms with Crippen molar-refractivity contribution >= 4 is 21.6 Å². The lowest BCUT2D eigenvalue weighted by Gasteiger charge is -2.28. The SMILES string of the molecule is CC(C)(O)c1c(Br)cccc1N1CCCC1. The summed E-state index contributed by atoms with van der Waals surface area (Å²) in [5.41, 5.74) is 1.36. The van der Waals surface area contributed by atoms with Gasteiger partial charge in [0, 0.05) is 28.8 Å². The minimum Gasteiger partial charge on any atom is -0.386 e. The number of benzene rings is 1. The second-order valence-corrected chi connectivity index (χ2v) is 5.74. The molecular weight excluding hydrogens is 266 g/mol. The van der Waals surface area contributed by atoms with Crippen LogP contribution in [0.5, 0.6) is 0 Å². The first-order valence-electron chi connectivity index (χ1n) is 5.76. The third-order valence-electron chi connectivity index (χ3n) is 3.05. The fraction of sp³-hybridized carbons (Fsp3) is 0.538. The highest BCUT2D eigenvalue weighted by molar-refractivity contribution is 9.10. The Hall–Kier alpha value is -0.540.